The zero-order chi connectivity index (χ0) is 11.4. The van der Waals surface area contributed by atoms with Gasteiger partial charge in [-0.2, -0.15) is 0 Å². The van der Waals surface area contributed by atoms with Crippen molar-refractivity contribution in [3.63, 3.8) is 0 Å². The van der Waals surface area contributed by atoms with Crippen LogP contribution < -0.4 is 5.73 Å². The average molecular weight is 304 g/mol. The minimum Gasteiger partial charge on any atom is -0.374 e. The summed E-state index contributed by atoms with van der Waals surface area (Å²) in [7, 11) is 0. The van der Waals surface area contributed by atoms with Gasteiger partial charge in [-0.05, 0) is 34.8 Å². The summed E-state index contributed by atoms with van der Waals surface area (Å²) < 4.78 is 6.88. The highest BCUT2D eigenvalue weighted by molar-refractivity contribution is 9.10. The Balaban J connectivity index is 1.74. The molecule has 0 amide bonds. The molecule has 0 spiro atoms. The topological polar surface area (TPSA) is 35.2 Å². The summed E-state index contributed by atoms with van der Waals surface area (Å²) in [6, 6.07) is 2.11. The predicted molar refractivity (Wildman–Crippen MR) is 71.7 cm³/mol. The summed E-state index contributed by atoms with van der Waals surface area (Å²) in [5.74, 6) is 0. The number of hydrogen-bond donors (Lipinski definition) is 1. The highest BCUT2D eigenvalue weighted by Crippen LogP contribution is 2.27. The van der Waals surface area contributed by atoms with E-state index in [1.54, 1.807) is 11.3 Å². The van der Waals surface area contributed by atoms with E-state index in [-0.39, 0.29) is 5.54 Å². The molecule has 1 fully saturated rings. The summed E-state index contributed by atoms with van der Waals surface area (Å²) in [6.45, 7) is 1.39. The molecule has 1 saturated carbocycles. The van der Waals surface area contributed by atoms with Crippen LogP contribution in [0.4, 0.5) is 0 Å². The van der Waals surface area contributed by atoms with Crippen molar-refractivity contribution in [1.82, 2.24) is 0 Å². The molecule has 0 aliphatic heterocycles. The monoisotopic (exact) mass is 303 g/mol. The summed E-state index contributed by atoms with van der Waals surface area (Å²) in [5.41, 5.74) is 6.23. The molecule has 0 aromatic carbocycles. The van der Waals surface area contributed by atoms with E-state index in [0.29, 0.717) is 13.2 Å². The molecule has 1 heterocycles. The molecule has 4 heteroatoms. The van der Waals surface area contributed by atoms with Crippen molar-refractivity contribution in [1.29, 1.82) is 0 Å². The van der Waals surface area contributed by atoms with Gasteiger partial charge in [-0.3, -0.25) is 0 Å². The third-order valence-corrected chi connectivity index (χ3v) is 4.78. The van der Waals surface area contributed by atoms with Gasteiger partial charge in [0.15, 0.2) is 0 Å². The van der Waals surface area contributed by atoms with Gasteiger partial charge in [-0.1, -0.05) is 19.3 Å². The molecule has 16 heavy (non-hydrogen) atoms. The van der Waals surface area contributed by atoms with E-state index < -0.39 is 0 Å². The molecule has 2 rings (SSSR count). The molecule has 0 unspecified atom stereocenters. The largest absolute Gasteiger partial charge is 0.374 e. The van der Waals surface area contributed by atoms with Crippen LogP contribution in [0.15, 0.2) is 15.9 Å². The molecule has 0 radical (unpaired) electrons. The third-order valence-electron chi connectivity index (χ3n) is 3.10. The highest BCUT2D eigenvalue weighted by atomic mass is 79.9. The van der Waals surface area contributed by atoms with Crippen molar-refractivity contribution >= 4 is 27.3 Å². The number of nitrogens with two attached hydrogens (primary N) is 1. The Morgan fingerprint density at radius 1 is 1.38 bits per heavy atom. The first kappa shape index (κ1) is 12.6. The van der Waals surface area contributed by atoms with Crippen molar-refractivity contribution in [3.8, 4) is 0 Å². The van der Waals surface area contributed by atoms with Crippen molar-refractivity contribution in [2.45, 2.75) is 44.2 Å². The zero-order valence-electron chi connectivity index (χ0n) is 9.38. The second-order valence-corrected chi connectivity index (χ2v) is 6.56. The fourth-order valence-corrected chi connectivity index (χ4v) is 3.57. The Hall–Kier alpha value is 0.1000. The summed E-state index contributed by atoms with van der Waals surface area (Å²) in [5, 5.41) is 2.08. The lowest BCUT2D eigenvalue weighted by atomic mass is 9.83. The second kappa shape index (κ2) is 5.63. The lowest BCUT2D eigenvalue weighted by Gasteiger charge is -2.32. The Morgan fingerprint density at radius 3 is 2.75 bits per heavy atom. The van der Waals surface area contributed by atoms with Crippen LogP contribution in [0.3, 0.4) is 0 Å². The SMILES string of the molecule is NC1(COCc2cc(Br)cs2)CCCCC1. The molecule has 1 aliphatic carbocycles. The van der Waals surface area contributed by atoms with E-state index in [4.69, 9.17) is 10.5 Å². The van der Waals surface area contributed by atoms with Crippen LogP contribution in [0.1, 0.15) is 37.0 Å². The summed E-state index contributed by atoms with van der Waals surface area (Å²) in [4.78, 5) is 1.26. The predicted octanol–water partition coefficient (Wildman–Crippen LogP) is 3.69. The van der Waals surface area contributed by atoms with Crippen molar-refractivity contribution < 1.29 is 4.74 Å². The fraction of sp³-hybridized carbons (Fsp3) is 0.667. The first-order valence-corrected chi connectivity index (χ1v) is 7.45. The number of rotatable bonds is 4. The van der Waals surface area contributed by atoms with E-state index in [1.165, 1.54) is 24.1 Å². The van der Waals surface area contributed by atoms with E-state index in [9.17, 15) is 0 Å². The first-order chi connectivity index (χ1) is 7.68. The van der Waals surface area contributed by atoms with Gasteiger partial charge in [-0.15, -0.1) is 11.3 Å². The van der Waals surface area contributed by atoms with Crippen LogP contribution in [-0.4, -0.2) is 12.1 Å². The van der Waals surface area contributed by atoms with Crippen LogP contribution in [0.25, 0.3) is 0 Å². The lowest BCUT2D eigenvalue weighted by Crippen LogP contribution is -2.46. The Bertz CT molecular complexity index is 334. The minimum atomic E-state index is -0.0628. The zero-order valence-corrected chi connectivity index (χ0v) is 11.8. The Morgan fingerprint density at radius 2 is 2.12 bits per heavy atom. The minimum absolute atomic E-state index is 0.0628. The lowest BCUT2D eigenvalue weighted by molar-refractivity contribution is 0.0588. The van der Waals surface area contributed by atoms with E-state index in [1.807, 2.05) is 0 Å². The standard InChI is InChI=1S/C12H18BrNOS/c13-10-6-11(16-8-10)7-15-9-12(14)4-2-1-3-5-12/h6,8H,1-5,7,9,14H2. The van der Waals surface area contributed by atoms with Crippen LogP contribution in [0.5, 0.6) is 0 Å². The molecule has 0 saturated heterocycles. The maximum Gasteiger partial charge on any atom is 0.0810 e. The van der Waals surface area contributed by atoms with Crippen molar-refractivity contribution in [2.75, 3.05) is 6.61 Å². The number of ether oxygens (including phenoxy) is 1. The third kappa shape index (κ3) is 3.55. The smallest absolute Gasteiger partial charge is 0.0810 e. The van der Waals surface area contributed by atoms with Gasteiger partial charge in [0.25, 0.3) is 0 Å². The molecule has 0 atom stereocenters. The van der Waals surface area contributed by atoms with E-state index >= 15 is 0 Å². The van der Waals surface area contributed by atoms with Crippen molar-refractivity contribution in [3.05, 3.63) is 20.8 Å². The van der Waals surface area contributed by atoms with Gasteiger partial charge in [-0.25, -0.2) is 0 Å². The number of halogens is 1. The molecule has 1 aliphatic rings. The maximum absolute atomic E-state index is 6.30. The molecule has 2 N–H and O–H groups in total. The van der Waals surface area contributed by atoms with Crippen LogP contribution >= 0.6 is 27.3 Å². The van der Waals surface area contributed by atoms with E-state index in [0.717, 1.165) is 17.3 Å². The highest BCUT2D eigenvalue weighted by Gasteiger charge is 2.27. The second-order valence-electron chi connectivity index (χ2n) is 4.65. The first-order valence-electron chi connectivity index (χ1n) is 5.78. The maximum atomic E-state index is 6.30. The van der Waals surface area contributed by atoms with Gasteiger partial charge in [0, 0.05) is 20.3 Å². The van der Waals surface area contributed by atoms with Gasteiger partial charge >= 0.3 is 0 Å². The molecule has 90 valence electrons. The molecular weight excluding hydrogens is 286 g/mol. The summed E-state index contributed by atoms with van der Waals surface area (Å²) >= 11 is 5.16. The van der Waals surface area contributed by atoms with Gasteiger partial charge in [0.05, 0.1) is 13.2 Å². The van der Waals surface area contributed by atoms with Gasteiger partial charge < -0.3 is 10.5 Å². The quantitative estimate of drug-likeness (QED) is 0.921. The van der Waals surface area contributed by atoms with Crippen molar-refractivity contribution in [2.24, 2.45) is 5.73 Å². The number of thiophene rings is 1. The van der Waals surface area contributed by atoms with Crippen LogP contribution in [0.2, 0.25) is 0 Å². The molecule has 2 nitrogen and oxygen atoms in total. The molecular formula is C12H18BrNOS. The average Bonchev–Trinajstić information content (AvgIpc) is 2.65. The van der Waals surface area contributed by atoms with E-state index in [2.05, 4.69) is 27.4 Å². The Labute approximate surface area is 109 Å². The molecule has 0 bridgehead atoms. The number of hydrogen-bond acceptors (Lipinski definition) is 3. The van der Waals surface area contributed by atoms with Crippen LogP contribution in [0, 0.1) is 0 Å². The fourth-order valence-electron chi connectivity index (χ4n) is 2.18. The summed E-state index contributed by atoms with van der Waals surface area (Å²) in [6.07, 6.45) is 6.06. The normalized spacial score (nSPS) is 19.9. The molecule has 1 aromatic rings. The van der Waals surface area contributed by atoms with Gasteiger partial charge in [0.2, 0.25) is 0 Å². The van der Waals surface area contributed by atoms with Gasteiger partial charge in [0.1, 0.15) is 0 Å². The Kier molecular flexibility index (Phi) is 4.41. The van der Waals surface area contributed by atoms with Crippen LogP contribution in [-0.2, 0) is 11.3 Å². The molecule has 1 aromatic heterocycles.